The third-order valence-electron chi connectivity index (χ3n) is 5.50. The minimum absolute atomic E-state index is 0.0332. The second-order valence-electron chi connectivity index (χ2n) is 7.86. The van der Waals surface area contributed by atoms with Crippen LogP contribution in [0.5, 0.6) is 5.75 Å². The van der Waals surface area contributed by atoms with Gasteiger partial charge in [-0.3, -0.25) is 9.80 Å². The van der Waals surface area contributed by atoms with Crippen LogP contribution in [0.2, 0.25) is 0 Å². The number of carbonyl (C=O) groups is 2. The van der Waals surface area contributed by atoms with Crippen LogP contribution in [0.25, 0.3) is 0 Å². The number of hydrogen-bond acceptors (Lipinski definition) is 6. The van der Waals surface area contributed by atoms with Crippen molar-refractivity contribution in [1.82, 2.24) is 10.0 Å². The number of carbonyl (C=O) groups excluding carboxylic acids is 2. The van der Waals surface area contributed by atoms with Gasteiger partial charge in [0, 0.05) is 12.6 Å². The first-order valence-corrected chi connectivity index (χ1v) is 9.42. The van der Waals surface area contributed by atoms with Crippen molar-refractivity contribution in [3.05, 3.63) is 40.7 Å². The van der Waals surface area contributed by atoms with Crippen LogP contribution in [0, 0.1) is 17.6 Å². The van der Waals surface area contributed by atoms with E-state index in [1.165, 1.54) is 5.01 Å². The molecule has 1 amide bonds. The van der Waals surface area contributed by atoms with Gasteiger partial charge in [-0.15, -0.1) is 0 Å². The average molecular weight is 410 g/mol. The van der Waals surface area contributed by atoms with Crippen molar-refractivity contribution in [1.29, 1.82) is 0 Å². The molecule has 158 valence electrons. The lowest BCUT2D eigenvalue weighted by molar-refractivity contribution is -0.175. The molecule has 29 heavy (non-hydrogen) atoms. The Morgan fingerprint density at radius 1 is 1.24 bits per heavy atom. The summed E-state index contributed by atoms with van der Waals surface area (Å²) >= 11 is 0. The normalized spacial score (nSPS) is 19.1. The van der Waals surface area contributed by atoms with E-state index < -0.39 is 40.4 Å². The molecule has 0 unspecified atom stereocenters. The number of esters is 1. The molecule has 0 bridgehead atoms. The SMILES string of the molecule is CC(C)COC(=O)C1=C(O)C2(CCC2)N(C)N(Cc2ccc(O)c(F)c2F)C1=O. The predicted molar refractivity (Wildman–Crippen MR) is 98.4 cm³/mol. The van der Waals surface area contributed by atoms with E-state index in [-0.39, 0.29) is 30.4 Å². The number of hydrazine groups is 1. The minimum Gasteiger partial charge on any atom is -0.509 e. The summed E-state index contributed by atoms with van der Waals surface area (Å²) in [5, 5.41) is 22.6. The monoisotopic (exact) mass is 410 g/mol. The molecule has 0 saturated heterocycles. The van der Waals surface area contributed by atoms with Crippen molar-refractivity contribution >= 4 is 11.9 Å². The Kier molecular flexibility index (Phi) is 5.53. The lowest BCUT2D eigenvalue weighted by atomic mass is 9.72. The molecule has 0 aromatic heterocycles. The van der Waals surface area contributed by atoms with E-state index in [1.54, 1.807) is 7.05 Å². The van der Waals surface area contributed by atoms with Crippen molar-refractivity contribution in [2.45, 2.75) is 45.2 Å². The molecule has 1 aromatic rings. The van der Waals surface area contributed by atoms with Crippen molar-refractivity contribution in [3.8, 4) is 5.75 Å². The Bertz CT molecular complexity index is 880. The van der Waals surface area contributed by atoms with Crippen LogP contribution in [0.1, 0.15) is 38.7 Å². The van der Waals surface area contributed by atoms with Gasteiger partial charge in [-0.1, -0.05) is 19.9 Å². The predicted octanol–water partition coefficient (Wildman–Crippen LogP) is 2.79. The van der Waals surface area contributed by atoms with Gasteiger partial charge in [0.25, 0.3) is 5.91 Å². The third kappa shape index (κ3) is 3.43. The van der Waals surface area contributed by atoms with Crippen LogP contribution in [0.4, 0.5) is 8.78 Å². The number of likely N-dealkylation sites (N-methyl/N-ethyl adjacent to an activating group) is 1. The smallest absolute Gasteiger partial charge is 0.347 e. The zero-order valence-corrected chi connectivity index (χ0v) is 16.5. The van der Waals surface area contributed by atoms with E-state index in [9.17, 15) is 28.6 Å². The third-order valence-corrected chi connectivity index (χ3v) is 5.50. The Balaban J connectivity index is 1.98. The molecule has 1 aromatic carbocycles. The van der Waals surface area contributed by atoms with Gasteiger partial charge >= 0.3 is 5.97 Å². The maximum Gasteiger partial charge on any atom is 0.347 e. The van der Waals surface area contributed by atoms with E-state index in [2.05, 4.69) is 0 Å². The fraction of sp³-hybridized carbons (Fsp3) is 0.500. The van der Waals surface area contributed by atoms with Gasteiger partial charge in [-0.05, 0) is 31.2 Å². The van der Waals surface area contributed by atoms with Gasteiger partial charge < -0.3 is 14.9 Å². The van der Waals surface area contributed by atoms with E-state index >= 15 is 0 Å². The first kappa shape index (κ1) is 21.0. The molecule has 1 heterocycles. The number of aliphatic hydroxyl groups excluding tert-OH is 1. The highest BCUT2D eigenvalue weighted by Gasteiger charge is 2.55. The number of ether oxygens (including phenoxy) is 1. The van der Waals surface area contributed by atoms with E-state index in [4.69, 9.17) is 4.74 Å². The van der Waals surface area contributed by atoms with Crippen molar-refractivity contribution in [2.75, 3.05) is 13.7 Å². The van der Waals surface area contributed by atoms with Crippen molar-refractivity contribution < 1.29 is 33.3 Å². The van der Waals surface area contributed by atoms with Crippen LogP contribution in [0.15, 0.2) is 23.5 Å². The molecule has 0 atom stereocenters. The van der Waals surface area contributed by atoms with E-state index in [0.717, 1.165) is 23.6 Å². The van der Waals surface area contributed by atoms with Crippen molar-refractivity contribution in [3.63, 3.8) is 0 Å². The summed E-state index contributed by atoms with van der Waals surface area (Å²) in [5.74, 6) is -5.65. The summed E-state index contributed by atoms with van der Waals surface area (Å²) in [6.45, 7) is 3.36. The first-order chi connectivity index (χ1) is 13.6. The molecule has 2 N–H and O–H groups in total. The second kappa shape index (κ2) is 7.62. The van der Waals surface area contributed by atoms with Crippen LogP contribution in [0.3, 0.4) is 0 Å². The van der Waals surface area contributed by atoms with Gasteiger partial charge in [-0.2, -0.15) is 4.39 Å². The van der Waals surface area contributed by atoms with Crippen LogP contribution < -0.4 is 0 Å². The van der Waals surface area contributed by atoms with Gasteiger partial charge in [0.1, 0.15) is 5.76 Å². The number of phenols is 1. The first-order valence-electron chi connectivity index (χ1n) is 9.42. The fourth-order valence-corrected chi connectivity index (χ4v) is 3.59. The molecule has 2 aliphatic rings. The van der Waals surface area contributed by atoms with Gasteiger partial charge in [0.05, 0.1) is 18.7 Å². The fourth-order valence-electron chi connectivity index (χ4n) is 3.59. The number of halogens is 2. The molecule has 1 spiro atoms. The molecule has 0 radical (unpaired) electrons. The zero-order valence-electron chi connectivity index (χ0n) is 16.5. The maximum absolute atomic E-state index is 14.3. The molecular formula is C20H24F2N2O5. The number of rotatable bonds is 5. The highest BCUT2D eigenvalue weighted by Crippen LogP contribution is 2.47. The topological polar surface area (TPSA) is 90.3 Å². The summed E-state index contributed by atoms with van der Waals surface area (Å²) < 4.78 is 33.2. The number of nitrogens with zero attached hydrogens (tertiary/aromatic N) is 2. The van der Waals surface area contributed by atoms with E-state index in [1.807, 2.05) is 13.8 Å². The quantitative estimate of drug-likeness (QED) is 0.573. The number of phenolic OH excluding ortho intramolecular Hbond substituents is 1. The summed E-state index contributed by atoms with van der Waals surface area (Å²) in [6.07, 6.45) is 1.76. The number of aromatic hydroxyl groups is 1. The Hall–Kier alpha value is -2.68. The average Bonchev–Trinajstić information content (AvgIpc) is 2.62. The van der Waals surface area contributed by atoms with E-state index in [0.29, 0.717) is 12.8 Å². The number of benzene rings is 1. The minimum atomic E-state index is -1.41. The molecule has 7 nitrogen and oxygen atoms in total. The molecule has 1 aliphatic carbocycles. The second-order valence-corrected chi connectivity index (χ2v) is 7.86. The van der Waals surface area contributed by atoms with Gasteiger partial charge in [0.15, 0.2) is 17.1 Å². The highest BCUT2D eigenvalue weighted by atomic mass is 19.2. The summed E-state index contributed by atoms with van der Waals surface area (Å²) in [4.78, 5) is 25.6. The molecule has 9 heteroatoms. The van der Waals surface area contributed by atoms with Crippen LogP contribution in [-0.4, -0.2) is 51.3 Å². The highest BCUT2D eigenvalue weighted by molar-refractivity contribution is 6.17. The van der Waals surface area contributed by atoms with Gasteiger partial charge in [0.2, 0.25) is 5.82 Å². The lowest BCUT2D eigenvalue weighted by Gasteiger charge is -2.54. The van der Waals surface area contributed by atoms with Crippen LogP contribution in [-0.2, 0) is 20.9 Å². The Labute approximate surface area is 167 Å². The standard InChI is InChI=1S/C20H24F2N2O5/c1-11(2)10-29-19(28)14-17(26)20(7-4-8-20)23(3)24(18(14)27)9-12-5-6-13(25)16(22)15(12)21/h5-6,11,25-26H,4,7-10H2,1-3H3. The summed E-state index contributed by atoms with van der Waals surface area (Å²) in [6, 6.07) is 2.16. The molecule has 1 saturated carbocycles. The zero-order chi connectivity index (χ0) is 21.5. The molecule has 3 rings (SSSR count). The van der Waals surface area contributed by atoms with Crippen molar-refractivity contribution in [2.24, 2.45) is 5.92 Å². The largest absolute Gasteiger partial charge is 0.509 e. The maximum atomic E-state index is 14.3. The molecule has 1 fully saturated rings. The Morgan fingerprint density at radius 3 is 2.45 bits per heavy atom. The number of aliphatic hydroxyl groups is 1. The molecular weight excluding hydrogens is 386 g/mol. The number of hydrogen-bond donors (Lipinski definition) is 2. The molecule has 1 aliphatic heterocycles. The van der Waals surface area contributed by atoms with Gasteiger partial charge in [-0.25, -0.2) is 14.2 Å². The van der Waals surface area contributed by atoms with Crippen LogP contribution >= 0.6 is 0 Å². The number of amides is 1. The lowest BCUT2D eigenvalue weighted by Crippen LogP contribution is -2.65. The summed E-state index contributed by atoms with van der Waals surface area (Å²) in [5.41, 5.74) is -1.62. The summed E-state index contributed by atoms with van der Waals surface area (Å²) in [7, 11) is 1.55. The Morgan fingerprint density at radius 2 is 1.90 bits per heavy atom.